The molecule has 16 rings (SSSR count). The van der Waals surface area contributed by atoms with Gasteiger partial charge in [-0.3, -0.25) is 0 Å². The second kappa shape index (κ2) is 26.0. The second-order valence-corrected chi connectivity index (χ2v) is 24.8. The zero-order valence-corrected chi connectivity index (χ0v) is 54.7. The number of aromatic nitrogens is 5. The number of fused-ring (bicyclic) bond motifs is 6. The third-order valence-electron chi connectivity index (χ3n) is 18.7. The van der Waals surface area contributed by atoms with Crippen LogP contribution in [-0.2, 0) is 0 Å². The molecule has 474 valence electrons. The third-order valence-corrected chi connectivity index (χ3v) is 18.7. The van der Waals surface area contributed by atoms with E-state index in [1.165, 1.54) is 0 Å². The Hall–Kier alpha value is -16.1. The lowest BCUT2D eigenvalue weighted by Crippen LogP contribution is -2.04. The molecule has 0 amide bonds. The summed E-state index contributed by atoms with van der Waals surface area (Å²) >= 11 is 0. The molecule has 0 saturated carbocycles. The highest BCUT2D eigenvalue weighted by Crippen LogP contribution is 2.47. The fourth-order valence-electron chi connectivity index (χ4n) is 13.8. The van der Waals surface area contributed by atoms with Crippen LogP contribution in [0.1, 0.15) is 33.4 Å². The first-order chi connectivity index (χ1) is 51.0. The van der Waals surface area contributed by atoms with E-state index in [1.807, 2.05) is 127 Å². The molecule has 16 aromatic rings. The molecule has 0 saturated heterocycles. The molecule has 0 spiro atoms. The molecule has 104 heavy (non-hydrogen) atoms. The van der Waals surface area contributed by atoms with Crippen LogP contribution >= 0.6 is 0 Å². The highest BCUT2D eigenvalue weighted by Gasteiger charge is 2.25. The van der Waals surface area contributed by atoms with Crippen molar-refractivity contribution in [3.63, 3.8) is 0 Å². The van der Waals surface area contributed by atoms with Gasteiger partial charge in [-0.15, -0.1) is 0 Å². The van der Waals surface area contributed by atoms with Crippen molar-refractivity contribution in [2.24, 2.45) is 0 Å². The molecule has 0 atom stereocenters. The largest absolute Gasteiger partial charge is 0.309 e. The summed E-state index contributed by atoms with van der Waals surface area (Å²) in [5, 5.41) is 64.3. The van der Waals surface area contributed by atoms with E-state index in [9.17, 15) is 31.6 Å². The highest BCUT2D eigenvalue weighted by atomic mass is 15.0. The van der Waals surface area contributed by atoms with Crippen LogP contribution in [0.2, 0.25) is 0 Å². The van der Waals surface area contributed by atoms with Gasteiger partial charge in [-0.05, 0) is 225 Å². The van der Waals surface area contributed by atoms with E-state index in [0.29, 0.717) is 101 Å². The van der Waals surface area contributed by atoms with Gasteiger partial charge in [0.15, 0.2) is 34.5 Å². The van der Waals surface area contributed by atoms with Crippen molar-refractivity contribution >= 4 is 60.7 Å². The second-order valence-electron chi connectivity index (χ2n) is 24.8. The fraction of sp³-hybridized carbons (Fsp3) is 0. The predicted octanol–water partition coefficient (Wildman–Crippen LogP) is 22.0. The van der Waals surface area contributed by atoms with E-state index in [0.717, 1.165) is 105 Å². The minimum Gasteiger partial charge on any atom is -0.309 e. The number of nitrogens with zero attached hydrogens (tertiary/aromatic N) is 14. The Morgan fingerprint density at radius 3 is 1.01 bits per heavy atom. The van der Waals surface area contributed by atoms with Crippen molar-refractivity contribution in [3.8, 4) is 149 Å². The van der Waals surface area contributed by atoms with E-state index in [1.54, 1.807) is 84.9 Å². The topological polar surface area (TPSA) is 204 Å². The minimum atomic E-state index is 0.316. The van der Waals surface area contributed by atoms with E-state index in [2.05, 4.69) is 115 Å². The summed E-state index contributed by atoms with van der Waals surface area (Å²) in [5.74, 6) is 1.25. The minimum absolute atomic E-state index is 0.316. The summed E-state index contributed by atoms with van der Waals surface area (Å²) in [4.78, 5) is 27.1. The number of rotatable bonds is 11. The molecule has 0 fully saturated rings. The van der Waals surface area contributed by atoms with Gasteiger partial charge in [-0.2, -0.15) is 31.6 Å². The maximum Gasteiger partial charge on any atom is 0.189 e. The summed E-state index contributed by atoms with van der Waals surface area (Å²) in [5.41, 5.74) is 18.8. The molecule has 0 unspecified atom stereocenters. The first kappa shape index (κ1) is 62.7. The van der Waals surface area contributed by atoms with Crippen LogP contribution in [-0.4, -0.2) is 24.1 Å². The highest BCUT2D eigenvalue weighted by molar-refractivity contribution is 6.14. The van der Waals surface area contributed by atoms with Gasteiger partial charge in [0.2, 0.25) is 0 Å². The standard InChI is InChI=1S/C90H44N14/c1-97-72-36-57(51-94)33-69(39-72)65-19-25-83-79(44-65)80-45-66(70-34-58(52-95)37-73(40-70)98-2)20-26-84(80)103(83)75-23-24-76(90-101-88(61-10-6-4-7-11-61)100-89(102-90)62-12-8-5-9-13-62)77(47-75)78-42-63(60-16-14-54(48-91)15-17-60)18-27-85(78)104-86-28-21-64(68-31-55(49-92)30-56(32-68)50-93)43-81(86)82-46-67(22-29-87(82)104)71-35-59(53-96)38-74(41-71)99-3/h4-47H. The molecule has 0 bridgehead atoms. The van der Waals surface area contributed by atoms with Gasteiger partial charge in [0.1, 0.15) is 0 Å². The van der Waals surface area contributed by atoms with Crippen LogP contribution in [0.4, 0.5) is 17.1 Å². The van der Waals surface area contributed by atoms with Crippen molar-refractivity contribution in [2.45, 2.75) is 0 Å². The molecule has 13 aromatic carbocycles. The SMILES string of the molecule is [C-]#[N+]c1cc(C#N)cc(-c2ccc3c(c2)c2cc(-c4cc(C#N)cc([N+]#[C-])c4)ccc2n3-c2ccc(-c3nc(-c4ccccc4)nc(-c4ccccc4)n3)c(-c3cc(-c4ccc(C#N)cc4)ccc3-n3c4ccc(-c5cc(C#N)cc(C#N)c5)cc4c4cc(-c5cc(C#N)cc([N+]#[C-])c5)ccc43)c2)c1. The quantitative estimate of drug-likeness (QED) is 0.113. The van der Waals surface area contributed by atoms with Crippen LogP contribution in [0.3, 0.4) is 0 Å². The Labute approximate surface area is 596 Å². The summed E-state index contributed by atoms with van der Waals surface area (Å²) in [6.45, 7) is 23.9. The maximum absolute atomic E-state index is 10.2. The maximum atomic E-state index is 10.2. The monoisotopic (exact) mass is 1320 g/mol. The van der Waals surface area contributed by atoms with Crippen LogP contribution in [0.25, 0.3) is 170 Å². The van der Waals surface area contributed by atoms with E-state index < -0.39 is 0 Å². The van der Waals surface area contributed by atoms with Gasteiger partial charge < -0.3 is 9.13 Å². The van der Waals surface area contributed by atoms with E-state index in [4.69, 9.17) is 34.7 Å². The Kier molecular flexibility index (Phi) is 15.7. The van der Waals surface area contributed by atoms with Crippen LogP contribution in [0.5, 0.6) is 0 Å². The summed E-state index contributed by atoms with van der Waals surface area (Å²) in [6.07, 6.45) is 0. The van der Waals surface area contributed by atoms with Gasteiger partial charge >= 0.3 is 0 Å². The van der Waals surface area contributed by atoms with E-state index >= 15 is 0 Å². The third kappa shape index (κ3) is 11.3. The van der Waals surface area contributed by atoms with Crippen LogP contribution in [0, 0.1) is 87.7 Å². The Bertz CT molecular complexity index is 6320. The number of hydrogen-bond donors (Lipinski definition) is 0. The molecular formula is C90H44N14. The number of hydrogen-bond acceptors (Lipinski definition) is 9. The summed E-state index contributed by atoms with van der Waals surface area (Å²) in [7, 11) is 0. The van der Waals surface area contributed by atoms with Gasteiger partial charge in [-0.25, -0.2) is 29.5 Å². The summed E-state index contributed by atoms with van der Waals surface area (Å²) in [6, 6.07) is 97.8. The first-order valence-electron chi connectivity index (χ1n) is 32.6. The lowest BCUT2D eigenvalue weighted by Gasteiger charge is -2.20. The molecule has 14 heteroatoms. The smallest absolute Gasteiger partial charge is 0.189 e. The molecule has 0 N–H and O–H groups in total. The molecule has 0 aliphatic rings. The number of nitriles is 6. The van der Waals surface area contributed by atoms with Crippen LogP contribution in [0.15, 0.2) is 267 Å². The molecule has 0 radical (unpaired) electrons. The Balaban J connectivity index is 1.02. The van der Waals surface area contributed by atoms with Gasteiger partial charge in [-0.1, -0.05) is 103 Å². The van der Waals surface area contributed by atoms with Crippen molar-refractivity contribution in [1.29, 1.82) is 31.6 Å². The molecule has 0 aliphatic heterocycles. The van der Waals surface area contributed by atoms with Crippen molar-refractivity contribution in [1.82, 2.24) is 24.1 Å². The van der Waals surface area contributed by atoms with E-state index in [-0.39, 0.29) is 0 Å². The summed E-state index contributed by atoms with van der Waals surface area (Å²) < 4.78 is 4.42. The number of benzene rings is 13. The molecule has 3 heterocycles. The zero-order valence-electron chi connectivity index (χ0n) is 54.7. The molecule has 0 aliphatic carbocycles. The average molecular weight is 1320 g/mol. The lowest BCUT2D eigenvalue weighted by molar-refractivity contribution is 1.07. The van der Waals surface area contributed by atoms with Crippen LogP contribution < -0.4 is 0 Å². The predicted molar refractivity (Wildman–Crippen MR) is 405 cm³/mol. The molecule has 3 aromatic heterocycles. The van der Waals surface area contributed by atoms with Crippen molar-refractivity contribution in [3.05, 3.63) is 335 Å². The van der Waals surface area contributed by atoms with Gasteiger partial charge in [0.05, 0.1) is 101 Å². The Morgan fingerprint density at radius 2 is 0.606 bits per heavy atom. The first-order valence-corrected chi connectivity index (χ1v) is 32.6. The van der Waals surface area contributed by atoms with Gasteiger partial charge in [0.25, 0.3) is 0 Å². The van der Waals surface area contributed by atoms with Crippen molar-refractivity contribution in [2.75, 3.05) is 0 Å². The molecule has 14 nitrogen and oxygen atoms in total. The lowest BCUT2D eigenvalue weighted by atomic mass is 9.92. The zero-order chi connectivity index (χ0) is 71.1. The van der Waals surface area contributed by atoms with Crippen molar-refractivity contribution < 1.29 is 0 Å². The average Bonchev–Trinajstić information content (AvgIpc) is 1.60. The molecular weight excluding hydrogens is 1280 g/mol. The Morgan fingerprint density at radius 1 is 0.250 bits per heavy atom. The normalized spacial score (nSPS) is 10.8. The fourth-order valence-corrected chi connectivity index (χ4v) is 13.8. The van der Waals surface area contributed by atoms with Gasteiger partial charge in [0, 0.05) is 66.2 Å².